The summed E-state index contributed by atoms with van der Waals surface area (Å²) in [4.78, 5) is 36.3. The molecule has 1 aromatic carbocycles. The molecule has 0 radical (unpaired) electrons. The lowest BCUT2D eigenvalue weighted by atomic mass is 9.96. The minimum Gasteiger partial charge on any atom is -0.494 e. The summed E-state index contributed by atoms with van der Waals surface area (Å²) in [6, 6.07) is 4.53. The van der Waals surface area contributed by atoms with Crippen LogP contribution in [0.3, 0.4) is 0 Å². The molecular formula is C22H34N2O6S3. The molecule has 0 saturated carbocycles. The molecule has 0 fully saturated rings. The first-order valence-electron chi connectivity index (χ1n) is 10.5. The second-order valence-corrected chi connectivity index (χ2v) is 10.7. The van der Waals surface area contributed by atoms with Gasteiger partial charge in [0.25, 0.3) is 5.91 Å². The number of benzene rings is 1. The number of carbonyl (C=O) groups excluding carboxylic acids is 3. The maximum atomic E-state index is 13.1. The van der Waals surface area contributed by atoms with Gasteiger partial charge in [0.2, 0.25) is 0 Å². The largest absolute Gasteiger partial charge is 0.494 e. The van der Waals surface area contributed by atoms with E-state index in [1.807, 2.05) is 32.2 Å². The van der Waals surface area contributed by atoms with Crippen LogP contribution in [0.1, 0.15) is 48.5 Å². The average Bonchev–Trinajstić information content (AvgIpc) is 2.80. The van der Waals surface area contributed by atoms with Gasteiger partial charge in [-0.15, -0.1) is 0 Å². The van der Waals surface area contributed by atoms with Gasteiger partial charge < -0.3 is 25.3 Å². The van der Waals surface area contributed by atoms with Gasteiger partial charge in [-0.3, -0.25) is 4.79 Å². The number of ether oxygens (including phenoxy) is 3. The van der Waals surface area contributed by atoms with Crippen molar-refractivity contribution in [3.8, 4) is 5.75 Å². The summed E-state index contributed by atoms with van der Waals surface area (Å²) >= 11 is 1.59. The number of amides is 1. The second kappa shape index (κ2) is 16.1. The van der Waals surface area contributed by atoms with Crippen molar-refractivity contribution in [3.05, 3.63) is 29.3 Å². The van der Waals surface area contributed by atoms with Gasteiger partial charge in [-0.05, 0) is 48.5 Å². The van der Waals surface area contributed by atoms with E-state index >= 15 is 0 Å². The zero-order valence-electron chi connectivity index (χ0n) is 19.8. The normalized spacial score (nSPS) is 12.7. The highest BCUT2D eigenvalue weighted by Gasteiger charge is 2.24. The molecule has 0 aliphatic rings. The summed E-state index contributed by atoms with van der Waals surface area (Å²) in [7, 11) is 5.00. The lowest BCUT2D eigenvalue weighted by Crippen LogP contribution is -2.42. The van der Waals surface area contributed by atoms with Crippen molar-refractivity contribution in [3.63, 3.8) is 0 Å². The Hall–Kier alpha value is -1.56. The molecule has 0 aromatic heterocycles. The number of rotatable bonds is 14. The predicted molar refractivity (Wildman–Crippen MR) is 137 cm³/mol. The Kier molecular flexibility index (Phi) is 14.4. The van der Waals surface area contributed by atoms with Crippen LogP contribution in [0.2, 0.25) is 0 Å². The summed E-state index contributed by atoms with van der Waals surface area (Å²) < 4.78 is 15.2. The number of thioether (sulfide) groups is 1. The Bertz CT molecular complexity index is 778. The molecule has 2 atom stereocenters. The Morgan fingerprint density at radius 1 is 1.12 bits per heavy atom. The van der Waals surface area contributed by atoms with Crippen LogP contribution < -0.4 is 15.8 Å². The number of hydrogen-bond acceptors (Lipinski definition) is 10. The average molecular weight is 519 g/mol. The molecular weight excluding hydrogens is 484 g/mol. The predicted octanol–water partition coefficient (Wildman–Crippen LogP) is 4.08. The zero-order valence-corrected chi connectivity index (χ0v) is 22.2. The lowest BCUT2D eigenvalue weighted by molar-refractivity contribution is -0.142. The highest BCUT2D eigenvalue weighted by atomic mass is 33.1. The smallest absolute Gasteiger partial charge is 0.377 e. The summed E-state index contributed by atoms with van der Waals surface area (Å²) in [5, 5.41) is 2.45. The highest BCUT2D eigenvalue weighted by molar-refractivity contribution is 8.82. The van der Waals surface area contributed by atoms with E-state index in [0.717, 1.165) is 22.1 Å². The maximum Gasteiger partial charge on any atom is 0.377 e. The van der Waals surface area contributed by atoms with Crippen molar-refractivity contribution >= 4 is 50.5 Å². The molecule has 8 nitrogen and oxygen atoms in total. The summed E-state index contributed by atoms with van der Waals surface area (Å²) in [6.45, 7) is 4.37. The Morgan fingerprint density at radius 2 is 1.85 bits per heavy atom. The molecule has 33 heavy (non-hydrogen) atoms. The number of nitrogens with one attached hydrogen (secondary N) is 1. The fourth-order valence-electron chi connectivity index (χ4n) is 2.80. The minimum atomic E-state index is -0.710. The van der Waals surface area contributed by atoms with Crippen molar-refractivity contribution < 1.29 is 28.6 Å². The molecule has 1 aromatic rings. The van der Waals surface area contributed by atoms with Gasteiger partial charge in [0, 0.05) is 28.2 Å². The van der Waals surface area contributed by atoms with E-state index in [4.69, 9.17) is 15.2 Å². The van der Waals surface area contributed by atoms with E-state index in [0.29, 0.717) is 36.5 Å². The zero-order chi connectivity index (χ0) is 24.8. The van der Waals surface area contributed by atoms with Gasteiger partial charge in [0.05, 0.1) is 20.8 Å². The highest BCUT2D eigenvalue weighted by Crippen LogP contribution is 2.26. The molecule has 0 saturated heterocycles. The molecule has 0 heterocycles. The van der Waals surface area contributed by atoms with Crippen LogP contribution in [-0.4, -0.2) is 67.8 Å². The van der Waals surface area contributed by atoms with Gasteiger partial charge in [0.1, 0.15) is 11.8 Å². The quantitative estimate of drug-likeness (QED) is 0.276. The van der Waals surface area contributed by atoms with Crippen LogP contribution in [0.4, 0.5) is 4.79 Å². The third-order valence-electron chi connectivity index (χ3n) is 4.63. The van der Waals surface area contributed by atoms with Crippen molar-refractivity contribution in [2.24, 2.45) is 5.73 Å². The summed E-state index contributed by atoms with van der Waals surface area (Å²) in [5.74, 6) is 1.15. The first kappa shape index (κ1) is 29.5. The van der Waals surface area contributed by atoms with E-state index in [1.54, 1.807) is 17.8 Å². The molecule has 0 bridgehead atoms. The Morgan fingerprint density at radius 3 is 2.45 bits per heavy atom. The standard InChI is InChI=1S/C22H34N2O6S3/c1-14(2)17-7-6-16(30-10-8-15(23)13-32-33-22(27)29-4)12-18(17)20(25)24-19(9-11-31-5)21(26)28-3/h6-7,12,14-15,19H,8-11,13,23H2,1-5H3,(H,24,25). The number of nitrogens with two attached hydrogens (primary N) is 1. The molecule has 186 valence electrons. The van der Waals surface area contributed by atoms with E-state index in [9.17, 15) is 14.4 Å². The van der Waals surface area contributed by atoms with Crippen molar-refractivity contribution in [2.45, 2.75) is 44.7 Å². The van der Waals surface area contributed by atoms with E-state index in [-0.39, 0.29) is 23.2 Å². The van der Waals surface area contributed by atoms with E-state index in [1.165, 1.54) is 25.0 Å². The van der Waals surface area contributed by atoms with Crippen LogP contribution in [0, 0.1) is 0 Å². The monoisotopic (exact) mass is 518 g/mol. The Balaban J connectivity index is 2.79. The van der Waals surface area contributed by atoms with Gasteiger partial charge in [-0.1, -0.05) is 30.7 Å². The van der Waals surface area contributed by atoms with E-state index in [2.05, 4.69) is 10.1 Å². The second-order valence-electron chi connectivity index (χ2n) is 7.45. The van der Waals surface area contributed by atoms with Crippen LogP contribution >= 0.6 is 33.3 Å². The molecule has 11 heteroatoms. The van der Waals surface area contributed by atoms with Crippen LogP contribution in [0.5, 0.6) is 5.75 Å². The van der Waals surface area contributed by atoms with Crippen LogP contribution in [0.25, 0.3) is 0 Å². The third-order valence-corrected chi connectivity index (χ3v) is 7.43. The van der Waals surface area contributed by atoms with Crippen LogP contribution in [-0.2, 0) is 14.3 Å². The fraction of sp³-hybridized carbons (Fsp3) is 0.591. The summed E-state index contributed by atoms with van der Waals surface area (Å²) in [6.07, 6.45) is 3.01. The molecule has 3 N–H and O–H groups in total. The number of methoxy groups -OCH3 is 2. The summed E-state index contributed by atoms with van der Waals surface area (Å²) in [5.41, 5.74) is 7.40. The molecule has 1 amide bonds. The third kappa shape index (κ3) is 10.9. The van der Waals surface area contributed by atoms with E-state index < -0.39 is 12.0 Å². The van der Waals surface area contributed by atoms with Gasteiger partial charge in [0.15, 0.2) is 0 Å². The van der Waals surface area contributed by atoms with Gasteiger partial charge in [-0.2, -0.15) is 11.8 Å². The van der Waals surface area contributed by atoms with Crippen molar-refractivity contribution in [1.29, 1.82) is 0 Å². The number of carbonyl (C=O) groups is 3. The lowest BCUT2D eigenvalue weighted by Gasteiger charge is -2.19. The topological polar surface area (TPSA) is 117 Å². The molecule has 0 aliphatic heterocycles. The first-order valence-corrected chi connectivity index (χ1v) is 14.2. The SMILES string of the molecule is COC(=O)SSCC(N)CCOc1ccc(C(C)C)c(C(=O)NC(CCSC)C(=O)OC)c1. The molecule has 0 spiro atoms. The van der Waals surface area contributed by atoms with Crippen LogP contribution in [0.15, 0.2) is 18.2 Å². The van der Waals surface area contributed by atoms with Gasteiger partial charge in [-0.25, -0.2) is 9.59 Å². The van der Waals surface area contributed by atoms with Gasteiger partial charge >= 0.3 is 11.3 Å². The molecule has 2 unspecified atom stereocenters. The first-order chi connectivity index (χ1) is 15.7. The fourth-order valence-corrected chi connectivity index (χ4v) is 5.07. The molecule has 0 aliphatic carbocycles. The van der Waals surface area contributed by atoms with Crippen molar-refractivity contribution in [2.75, 3.05) is 38.6 Å². The minimum absolute atomic E-state index is 0.111. The maximum absolute atomic E-state index is 13.1. The van der Waals surface area contributed by atoms with Crippen molar-refractivity contribution in [1.82, 2.24) is 5.32 Å². The number of esters is 1. The Labute approximate surface area is 208 Å². The molecule has 1 rings (SSSR count). The number of hydrogen-bond donors (Lipinski definition) is 2.